The second-order valence-electron chi connectivity index (χ2n) is 8.44. The number of benzene rings is 3. The second kappa shape index (κ2) is 11.5. The Hall–Kier alpha value is -3.75. The van der Waals surface area contributed by atoms with Gasteiger partial charge in [-0.1, -0.05) is 72.3 Å². The number of carbonyl (C=O) groups excluding carboxylic acids is 1. The van der Waals surface area contributed by atoms with Gasteiger partial charge in [0.25, 0.3) is 5.91 Å². The summed E-state index contributed by atoms with van der Waals surface area (Å²) in [7, 11) is -4.02. The lowest BCUT2D eigenvalue weighted by Crippen LogP contribution is -2.32. The van der Waals surface area contributed by atoms with E-state index < -0.39 is 21.4 Å². The molecule has 1 aromatic heterocycles. The Kier molecular flexibility index (Phi) is 8.21. The molecule has 0 unspecified atom stereocenters. The molecular formula is C28H25ClFN3O3S. The van der Waals surface area contributed by atoms with Crippen LogP contribution in [0.25, 0.3) is 0 Å². The van der Waals surface area contributed by atoms with E-state index in [1.165, 1.54) is 29.3 Å². The first-order chi connectivity index (χ1) is 17.8. The third-order valence-corrected chi connectivity index (χ3v) is 7.54. The van der Waals surface area contributed by atoms with Crippen LogP contribution in [0, 0.1) is 5.82 Å². The number of hydrogen-bond donors (Lipinski definition) is 0. The molecule has 0 fully saturated rings. The van der Waals surface area contributed by atoms with Crippen molar-refractivity contribution in [3.63, 3.8) is 0 Å². The van der Waals surface area contributed by atoms with E-state index in [0.29, 0.717) is 16.3 Å². The summed E-state index contributed by atoms with van der Waals surface area (Å²) in [5.74, 6) is -1.43. The van der Waals surface area contributed by atoms with Gasteiger partial charge in [0.2, 0.25) is 15.0 Å². The zero-order valence-electron chi connectivity index (χ0n) is 19.9. The number of amides is 1. The van der Waals surface area contributed by atoms with Crippen LogP contribution in [0.1, 0.15) is 27.2 Å². The molecule has 0 spiro atoms. The molecule has 0 atom stereocenters. The predicted octanol–water partition coefficient (Wildman–Crippen LogP) is 5.53. The van der Waals surface area contributed by atoms with E-state index in [1.807, 2.05) is 30.3 Å². The van der Waals surface area contributed by atoms with Crippen LogP contribution in [-0.2, 0) is 28.7 Å². The highest BCUT2D eigenvalue weighted by molar-refractivity contribution is 7.90. The molecule has 0 aliphatic heterocycles. The van der Waals surface area contributed by atoms with Gasteiger partial charge in [0.05, 0.1) is 30.7 Å². The zero-order valence-corrected chi connectivity index (χ0v) is 21.5. The molecule has 4 aromatic rings. The highest BCUT2D eigenvalue weighted by Crippen LogP contribution is 2.22. The van der Waals surface area contributed by atoms with Crippen LogP contribution in [0.2, 0.25) is 5.02 Å². The van der Waals surface area contributed by atoms with Gasteiger partial charge < -0.3 is 9.47 Å². The molecule has 6 nitrogen and oxygen atoms in total. The Balaban J connectivity index is 1.73. The van der Waals surface area contributed by atoms with Crippen molar-refractivity contribution in [3.8, 4) is 0 Å². The number of carbonyl (C=O) groups is 1. The summed E-state index contributed by atoms with van der Waals surface area (Å²) in [6.07, 6.45) is 3.04. The van der Waals surface area contributed by atoms with Crippen molar-refractivity contribution in [2.75, 3.05) is 6.54 Å². The standard InChI is InChI=1S/C28H25ClFN3O3S/c1-2-15-32(27(34)22-12-8-13-24(29)16-22)19-25-17-31-28(33(25)18-21-9-4-3-5-10-21)37(35,36)20-23-11-6-7-14-26(23)30/h2-14,16-17H,1,15,18-20H2. The van der Waals surface area contributed by atoms with E-state index >= 15 is 0 Å². The van der Waals surface area contributed by atoms with Gasteiger partial charge in [0.15, 0.2) is 0 Å². The van der Waals surface area contributed by atoms with Gasteiger partial charge >= 0.3 is 0 Å². The van der Waals surface area contributed by atoms with Crippen molar-refractivity contribution in [1.29, 1.82) is 0 Å². The monoisotopic (exact) mass is 537 g/mol. The quantitative estimate of drug-likeness (QED) is 0.249. The lowest BCUT2D eigenvalue weighted by Gasteiger charge is -2.22. The number of hydrogen-bond acceptors (Lipinski definition) is 4. The molecule has 1 amide bonds. The van der Waals surface area contributed by atoms with Gasteiger partial charge in [0.1, 0.15) is 5.82 Å². The van der Waals surface area contributed by atoms with Crippen molar-refractivity contribution in [2.24, 2.45) is 0 Å². The molecule has 0 radical (unpaired) electrons. The van der Waals surface area contributed by atoms with E-state index in [4.69, 9.17) is 11.6 Å². The third kappa shape index (κ3) is 6.34. The van der Waals surface area contributed by atoms with Crippen LogP contribution in [0.4, 0.5) is 4.39 Å². The van der Waals surface area contributed by atoms with Crippen LogP contribution < -0.4 is 0 Å². The zero-order chi connectivity index (χ0) is 26.4. The summed E-state index contributed by atoms with van der Waals surface area (Å²) in [4.78, 5) is 19.0. The van der Waals surface area contributed by atoms with Crippen LogP contribution in [-0.4, -0.2) is 35.3 Å². The van der Waals surface area contributed by atoms with Crippen LogP contribution >= 0.6 is 11.6 Å². The smallest absolute Gasteiger partial charge is 0.254 e. The summed E-state index contributed by atoms with van der Waals surface area (Å²) in [6.45, 7) is 4.25. The van der Waals surface area contributed by atoms with Crippen molar-refractivity contribution >= 4 is 27.3 Å². The second-order valence-corrected chi connectivity index (χ2v) is 10.8. The molecule has 0 N–H and O–H groups in total. The Labute approximate surface area is 220 Å². The molecular weight excluding hydrogens is 513 g/mol. The maximum atomic E-state index is 14.3. The molecule has 0 bridgehead atoms. The Morgan fingerprint density at radius 3 is 2.49 bits per heavy atom. The summed E-state index contributed by atoms with van der Waals surface area (Å²) in [6, 6.07) is 21.7. The first kappa shape index (κ1) is 26.3. The molecule has 37 heavy (non-hydrogen) atoms. The van der Waals surface area contributed by atoms with E-state index in [2.05, 4.69) is 11.6 Å². The van der Waals surface area contributed by atoms with Gasteiger partial charge in [-0.25, -0.2) is 17.8 Å². The number of nitrogens with zero attached hydrogens (tertiary/aromatic N) is 3. The van der Waals surface area contributed by atoms with Gasteiger partial charge in [-0.15, -0.1) is 6.58 Å². The topological polar surface area (TPSA) is 72.3 Å². The minimum absolute atomic E-state index is 0.0581. The fourth-order valence-corrected chi connectivity index (χ4v) is 5.65. The number of aromatic nitrogens is 2. The van der Waals surface area contributed by atoms with E-state index in [-0.39, 0.29) is 36.3 Å². The van der Waals surface area contributed by atoms with Gasteiger partial charge in [-0.2, -0.15) is 0 Å². The average molecular weight is 538 g/mol. The van der Waals surface area contributed by atoms with Crippen molar-refractivity contribution < 1.29 is 17.6 Å². The largest absolute Gasteiger partial charge is 0.329 e. The molecule has 0 saturated carbocycles. The average Bonchev–Trinajstić information content (AvgIpc) is 3.28. The summed E-state index contributed by atoms with van der Waals surface area (Å²) < 4.78 is 42.7. The number of rotatable bonds is 10. The van der Waals surface area contributed by atoms with Crippen molar-refractivity contribution in [2.45, 2.75) is 24.0 Å². The number of halogens is 2. The highest BCUT2D eigenvalue weighted by atomic mass is 35.5. The number of sulfone groups is 1. The Bertz CT molecular complexity index is 1520. The molecule has 0 aliphatic carbocycles. The first-order valence-corrected chi connectivity index (χ1v) is 13.5. The fourth-order valence-electron chi connectivity index (χ4n) is 3.96. The van der Waals surface area contributed by atoms with Crippen LogP contribution in [0.3, 0.4) is 0 Å². The highest BCUT2D eigenvalue weighted by Gasteiger charge is 2.27. The van der Waals surface area contributed by atoms with E-state index in [1.54, 1.807) is 41.0 Å². The molecule has 3 aromatic carbocycles. The summed E-state index contributed by atoms with van der Waals surface area (Å²) in [5, 5.41) is 0.239. The Morgan fingerprint density at radius 2 is 1.78 bits per heavy atom. The molecule has 4 rings (SSSR count). The summed E-state index contributed by atoms with van der Waals surface area (Å²) in [5.41, 5.74) is 1.81. The summed E-state index contributed by atoms with van der Waals surface area (Å²) >= 11 is 6.08. The molecule has 190 valence electrons. The maximum absolute atomic E-state index is 14.3. The predicted molar refractivity (Wildman–Crippen MR) is 141 cm³/mol. The minimum Gasteiger partial charge on any atom is -0.329 e. The van der Waals surface area contributed by atoms with Crippen LogP contribution in [0.5, 0.6) is 0 Å². The van der Waals surface area contributed by atoms with E-state index in [9.17, 15) is 17.6 Å². The SMILES string of the molecule is C=CCN(Cc1cnc(S(=O)(=O)Cc2ccccc2F)n1Cc1ccccc1)C(=O)c1cccc(Cl)c1. The van der Waals surface area contributed by atoms with Crippen molar-refractivity contribution in [1.82, 2.24) is 14.5 Å². The lowest BCUT2D eigenvalue weighted by molar-refractivity contribution is 0.0759. The third-order valence-electron chi connectivity index (χ3n) is 5.73. The van der Waals surface area contributed by atoms with E-state index in [0.717, 1.165) is 5.56 Å². The maximum Gasteiger partial charge on any atom is 0.254 e. The molecule has 1 heterocycles. The van der Waals surface area contributed by atoms with Gasteiger partial charge in [-0.3, -0.25) is 4.79 Å². The first-order valence-electron chi connectivity index (χ1n) is 11.5. The van der Waals surface area contributed by atoms with Crippen molar-refractivity contribution in [3.05, 3.63) is 131 Å². The Morgan fingerprint density at radius 1 is 1.05 bits per heavy atom. The molecule has 9 heteroatoms. The molecule has 0 saturated heterocycles. The lowest BCUT2D eigenvalue weighted by atomic mass is 10.2. The van der Waals surface area contributed by atoms with Gasteiger partial charge in [0, 0.05) is 22.7 Å². The van der Waals surface area contributed by atoms with Crippen LogP contribution in [0.15, 0.2) is 103 Å². The van der Waals surface area contributed by atoms with Gasteiger partial charge in [-0.05, 0) is 29.8 Å². The number of imidazole rings is 1. The molecule has 0 aliphatic rings. The normalized spacial score (nSPS) is 11.3. The minimum atomic E-state index is -4.02. The fraction of sp³-hybridized carbons (Fsp3) is 0.143.